The minimum Gasteiger partial charge on any atom is -0.352 e. The standard InChI is InChI=1S/C24H24N2O2/c1-3-15-25-23(27)21-13-7-11-19(17-21)9-5-6-10-20-12-8-14-22(18-20)24(28)26-16-4-2/h7-8,11-14,17-18H,3-4,15-16H2,1-2H3,(H,25,27)(H,26,28). The predicted molar refractivity (Wildman–Crippen MR) is 112 cm³/mol. The van der Waals surface area contributed by atoms with Gasteiger partial charge in [-0.3, -0.25) is 9.59 Å². The Kier molecular flexibility index (Phi) is 8.37. The van der Waals surface area contributed by atoms with Gasteiger partial charge >= 0.3 is 0 Å². The topological polar surface area (TPSA) is 58.2 Å². The van der Waals surface area contributed by atoms with E-state index < -0.39 is 0 Å². The summed E-state index contributed by atoms with van der Waals surface area (Å²) >= 11 is 0. The Morgan fingerprint density at radius 3 is 1.57 bits per heavy atom. The first kappa shape index (κ1) is 20.8. The van der Waals surface area contributed by atoms with Crippen molar-refractivity contribution in [1.29, 1.82) is 0 Å². The molecule has 0 unspecified atom stereocenters. The highest BCUT2D eigenvalue weighted by molar-refractivity contribution is 5.95. The van der Waals surface area contributed by atoms with Crippen LogP contribution in [0.5, 0.6) is 0 Å². The highest BCUT2D eigenvalue weighted by atomic mass is 16.2. The van der Waals surface area contributed by atoms with E-state index in [0.29, 0.717) is 24.2 Å². The zero-order valence-electron chi connectivity index (χ0n) is 16.3. The highest BCUT2D eigenvalue weighted by Crippen LogP contribution is 2.05. The van der Waals surface area contributed by atoms with Crippen molar-refractivity contribution >= 4 is 11.8 Å². The molecule has 2 N–H and O–H groups in total. The van der Waals surface area contributed by atoms with Gasteiger partial charge in [-0.2, -0.15) is 0 Å². The summed E-state index contributed by atoms with van der Waals surface area (Å²) in [6.07, 6.45) is 1.78. The van der Waals surface area contributed by atoms with E-state index in [1.165, 1.54) is 0 Å². The van der Waals surface area contributed by atoms with Gasteiger partial charge in [0.25, 0.3) is 11.8 Å². The number of carbonyl (C=O) groups excluding carboxylic acids is 2. The summed E-state index contributed by atoms with van der Waals surface area (Å²) in [6.45, 7) is 5.31. The van der Waals surface area contributed by atoms with Crippen LogP contribution >= 0.6 is 0 Å². The quantitative estimate of drug-likeness (QED) is 0.764. The normalized spacial score (nSPS) is 9.36. The third kappa shape index (κ3) is 6.67. The smallest absolute Gasteiger partial charge is 0.251 e. The van der Waals surface area contributed by atoms with Gasteiger partial charge < -0.3 is 10.6 Å². The maximum Gasteiger partial charge on any atom is 0.251 e. The summed E-state index contributed by atoms with van der Waals surface area (Å²) < 4.78 is 0. The summed E-state index contributed by atoms with van der Waals surface area (Å²) in [6, 6.07) is 14.3. The summed E-state index contributed by atoms with van der Waals surface area (Å²) in [7, 11) is 0. The minimum absolute atomic E-state index is 0.102. The molecule has 4 nitrogen and oxygen atoms in total. The molecule has 0 saturated carbocycles. The third-order valence-electron chi connectivity index (χ3n) is 3.80. The molecule has 0 atom stereocenters. The first-order valence-corrected chi connectivity index (χ1v) is 9.42. The fraction of sp³-hybridized carbons (Fsp3) is 0.250. The number of rotatable bonds is 6. The molecule has 0 radical (unpaired) electrons. The Bertz CT molecular complexity index is 876. The van der Waals surface area contributed by atoms with Crippen LogP contribution in [0, 0.1) is 23.7 Å². The molecule has 2 amide bonds. The second-order valence-electron chi connectivity index (χ2n) is 6.17. The van der Waals surface area contributed by atoms with Crippen molar-refractivity contribution in [3.8, 4) is 23.7 Å². The summed E-state index contributed by atoms with van der Waals surface area (Å²) in [5, 5.41) is 5.69. The maximum atomic E-state index is 12.0. The molecular formula is C24H24N2O2. The number of hydrogen-bond donors (Lipinski definition) is 2. The van der Waals surface area contributed by atoms with E-state index in [4.69, 9.17) is 0 Å². The van der Waals surface area contributed by atoms with E-state index in [2.05, 4.69) is 34.3 Å². The summed E-state index contributed by atoms with van der Waals surface area (Å²) in [5.74, 6) is 11.3. The lowest BCUT2D eigenvalue weighted by molar-refractivity contribution is 0.0945. The van der Waals surface area contributed by atoms with Gasteiger partial charge in [0.05, 0.1) is 0 Å². The van der Waals surface area contributed by atoms with Crippen LogP contribution in [0.2, 0.25) is 0 Å². The molecule has 0 fully saturated rings. The van der Waals surface area contributed by atoms with Crippen LogP contribution in [-0.4, -0.2) is 24.9 Å². The Hall–Kier alpha value is -3.50. The van der Waals surface area contributed by atoms with Crippen molar-refractivity contribution in [2.75, 3.05) is 13.1 Å². The van der Waals surface area contributed by atoms with Gasteiger partial charge in [0.15, 0.2) is 0 Å². The molecule has 0 aliphatic rings. The molecule has 2 aromatic rings. The van der Waals surface area contributed by atoms with Gasteiger partial charge in [-0.1, -0.05) is 37.8 Å². The van der Waals surface area contributed by atoms with Gasteiger partial charge in [-0.25, -0.2) is 0 Å². The van der Waals surface area contributed by atoms with Gasteiger partial charge in [0.2, 0.25) is 0 Å². The molecule has 2 rings (SSSR count). The number of nitrogens with one attached hydrogen (secondary N) is 2. The van der Waals surface area contributed by atoms with Crippen molar-refractivity contribution in [2.45, 2.75) is 26.7 Å². The Labute approximate surface area is 166 Å². The second-order valence-corrected chi connectivity index (χ2v) is 6.17. The van der Waals surface area contributed by atoms with Gasteiger partial charge in [0.1, 0.15) is 0 Å². The molecular weight excluding hydrogens is 348 g/mol. The molecule has 0 aliphatic carbocycles. The fourth-order valence-electron chi connectivity index (χ4n) is 2.36. The number of amides is 2. The van der Waals surface area contributed by atoms with Crippen molar-refractivity contribution < 1.29 is 9.59 Å². The van der Waals surface area contributed by atoms with Gasteiger partial charge in [0, 0.05) is 35.3 Å². The second kappa shape index (κ2) is 11.3. The lowest BCUT2D eigenvalue weighted by Crippen LogP contribution is -2.23. The van der Waals surface area contributed by atoms with Crippen LogP contribution in [0.3, 0.4) is 0 Å². The van der Waals surface area contributed by atoms with Crippen molar-refractivity contribution in [3.63, 3.8) is 0 Å². The molecule has 4 heteroatoms. The molecule has 0 saturated heterocycles. The third-order valence-corrected chi connectivity index (χ3v) is 3.80. The summed E-state index contributed by atoms with van der Waals surface area (Å²) in [5.41, 5.74) is 2.62. The molecule has 28 heavy (non-hydrogen) atoms. The summed E-state index contributed by atoms with van der Waals surface area (Å²) in [4.78, 5) is 24.0. The molecule has 0 heterocycles. The Balaban J connectivity index is 2.07. The van der Waals surface area contributed by atoms with E-state index in [0.717, 1.165) is 24.0 Å². The van der Waals surface area contributed by atoms with Crippen LogP contribution in [0.4, 0.5) is 0 Å². The fourth-order valence-corrected chi connectivity index (χ4v) is 2.36. The van der Waals surface area contributed by atoms with Crippen LogP contribution in [0.1, 0.15) is 58.5 Å². The van der Waals surface area contributed by atoms with Crippen molar-refractivity contribution in [1.82, 2.24) is 10.6 Å². The predicted octanol–water partition coefficient (Wildman–Crippen LogP) is 3.37. The Morgan fingerprint density at radius 2 is 1.18 bits per heavy atom. The molecule has 142 valence electrons. The number of benzene rings is 2. The average Bonchev–Trinajstić information content (AvgIpc) is 2.73. The van der Waals surface area contributed by atoms with E-state index >= 15 is 0 Å². The molecule has 0 spiro atoms. The van der Waals surface area contributed by atoms with E-state index in [-0.39, 0.29) is 11.8 Å². The SMILES string of the molecule is CCCNC(=O)c1cccc(C#CC#Cc2cccc(C(=O)NCCC)c2)c1. The van der Waals surface area contributed by atoms with Crippen LogP contribution in [0.25, 0.3) is 0 Å². The van der Waals surface area contributed by atoms with Crippen LogP contribution in [-0.2, 0) is 0 Å². The van der Waals surface area contributed by atoms with E-state index in [1.807, 2.05) is 26.0 Å². The monoisotopic (exact) mass is 372 g/mol. The number of hydrogen-bond acceptors (Lipinski definition) is 2. The molecule has 0 aromatic heterocycles. The van der Waals surface area contributed by atoms with Crippen molar-refractivity contribution in [3.05, 3.63) is 70.8 Å². The minimum atomic E-state index is -0.102. The lowest BCUT2D eigenvalue weighted by Gasteiger charge is -2.03. The lowest BCUT2D eigenvalue weighted by atomic mass is 10.1. The average molecular weight is 372 g/mol. The maximum absolute atomic E-state index is 12.0. The zero-order valence-corrected chi connectivity index (χ0v) is 16.3. The van der Waals surface area contributed by atoms with Gasteiger partial charge in [-0.15, -0.1) is 0 Å². The van der Waals surface area contributed by atoms with Crippen LogP contribution < -0.4 is 10.6 Å². The van der Waals surface area contributed by atoms with E-state index in [9.17, 15) is 9.59 Å². The van der Waals surface area contributed by atoms with E-state index in [1.54, 1.807) is 36.4 Å². The molecule has 0 bridgehead atoms. The first-order chi connectivity index (χ1) is 13.6. The molecule has 2 aromatic carbocycles. The largest absolute Gasteiger partial charge is 0.352 e. The van der Waals surface area contributed by atoms with Gasteiger partial charge in [-0.05, 0) is 61.1 Å². The number of carbonyl (C=O) groups is 2. The molecule has 0 aliphatic heterocycles. The first-order valence-electron chi connectivity index (χ1n) is 9.42. The van der Waals surface area contributed by atoms with Crippen molar-refractivity contribution in [2.24, 2.45) is 0 Å². The van der Waals surface area contributed by atoms with Crippen LogP contribution in [0.15, 0.2) is 48.5 Å². The zero-order chi connectivity index (χ0) is 20.2. The Morgan fingerprint density at radius 1 is 0.750 bits per heavy atom. The highest BCUT2D eigenvalue weighted by Gasteiger charge is 2.04.